The average molecular weight is 247 g/mol. The van der Waals surface area contributed by atoms with E-state index in [1.165, 1.54) is 25.7 Å². The van der Waals surface area contributed by atoms with Crippen LogP contribution in [0, 0.1) is 5.41 Å². The molecule has 0 saturated heterocycles. The highest BCUT2D eigenvalue weighted by atomic mass is 16.4. The number of aromatic carboxylic acids is 1. The molecule has 1 aromatic rings. The van der Waals surface area contributed by atoms with Gasteiger partial charge in [-0.2, -0.15) is 0 Å². The van der Waals surface area contributed by atoms with Gasteiger partial charge in [0.05, 0.1) is 5.56 Å². The van der Waals surface area contributed by atoms with Gasteiger partial charge in [0.25, 0.3) is 0 Å². The van der Waals surface area contributed by atoms with E-state index >= 15 is 0 Å². The number of carbonyl (C=O) groups is 1. The standard InChI is InChI=1S/C15H21NO2/c1-2-7-15(8-9-15)11-16-10-12-3-5-13(6-4-12)14(17)18/h3-6,16H,2,7-11H2,1H3,(H,17,18). The molecule has 0 atom stereocenters. The molecule has 1 aliphatic carbocycles. The first-order valence-electron chi connectivity index (χ1n) is 6.68. The third-order valence-electron chi connectivity index (χ3n) is 3.77. The zero-order valence-corrected chi connectivity index (χ0v) is 10.9. The zero-order valence-electron chi connectivity index (χ0n) is 10.9. The molecule has 2 N–H and O–H groups in total. The molecule has 1 aliphatic rings. The van der Waals surface area contributed by atoms with Gasteiger partial charge in [0.1, 0.15) is 0 Å². The van der Waals surface area contributed by atoms with Crippen molar-refractivity contribution in [2.75, 3.05) is 6.54 Å². The summed E-state index contributed by atoms with van der Waals surface area (Å²) in [5, 5.41) is 12.3. The molecule has 1 aromatic carbocycles. The predicted molar refractivity (Wildman–Crippen MR) is 71.7 cm³/mol. The molecule has 0 unspecified atom stereocenters. The molecular formula is C15H21NO2. The van der Waals surface area contributed by atoms with E-state index < -0.39 is 5.97 Å². The number of nitrogens with one attached hydrogen (secondary N) is 1. The van der Waals surface area contributed by atoms with Gasteiger partial charge < -0.3 is 10.4 Å². The van der Waals surface area contributed by atoms with Crippen LogP contribution in [0.5, 0.6) is 0 Å². The molecule has 0 spiro atoms. The maximum absolute atomic E-state index is 10.7. The van der Waals surface area contributed by atoms with Crippen LogP contribution in [0.15, 0.2) is 24.3 Å². The van der Waals surface area contributed by atoms with E-state index in [1.54, 1.807) is 12.1 Å². The van der Waals surface area contributed by atoms with Crippen LogP contribution in [-0.4, -0.2) is 17.6 Å². The van der Waals surface area contributed by atoms with Crippen molar-refractivity contribution in [1.82, 2.24) is 5.32 Å². The minimum absolute atomic E-state index is 0.350. The van der Waals surface area contributed by atoms with Crippen molar-refractivity contribution in [3.8, 4) is 0 Å². The summed E-state index contributed by atoms with van der Waals surface area (Å²) in [5.74, 6) is -0.866. The summed E-state index contributed by atoms with van der Waals surface area (Å²) < 4.78 is 0. The van der Waals surface area contributed by atoms with E-state index in [4.69, 9.17) is 5.11 Å². The third-order valence-corrected chi connectivity index (χ3v) is 3.77. The summed E-state index contributed by atoms with van der Waals surface area (Å²) in [6, 6.07) is 7.10. The van der Waals surface area contributed by atoms with Gasteiger partial charge in [-0.1, -0.05) is 25.5 Å². The first-order chi connectivity index (χ1) is 8.65. The first-order valence-corrected chi connectivity index (χ1v) is 6.68. The number of carboxylic acids is 1. The van der Waals surface area contributed by atoms with Crippen molar-refractivity contribution in [3.05, 3.63) is 35.4 Å². The minimum atomic E-state index is -0.866. The predicted octanol–water partition coefficient (Wildman–Crippen LogP) is 3.05. The average Bonchev–Trinajstić information content (AvgIpc) is 3.10. The lowest BCUT2D eigenvalue weighted by Gasteiger charge is -2.14. The summed E-state index contributed by atoms with van der Waals surface area (Å²) >= 11 is 0. The second-order valence-corrected chi connectivity index (χ2v) is 5.36. The normalized spacial score (nSPS) is 16.5. The van der Waals surface area contributed by atoms with Crippen LogP contribution in [0.2, 0.25) is 0 Å². The van der Waals surface area contributed by atoms with Crippen molar-refractivity contribution in [3.63, 3.8) is 0 Å². The molecule has 1 fully saturated rings. The summed E-state index contributed by atoms with van der Waals surface area (Å²) in [5.41, 5.74) is 2.06. The van der Waals surface area contributed by atoms with E-state index in [1.807, 2.05) is 12.1 Å². The monoisotopic (exact) mass is 247 g/mol. The van der Waals surface area contributed by atoms with Gasteiger partial charge in [-0.05, 0) is 42.4 Å². The van der Waals surface area contributed by atoms with Crippen LogP contribution < -0.4 is 5.32 Å². The van der Waals surface area contributed by atoms with Crippen LogP contribution in [0.4, 0.5) is 0 Å². The van der Waals surface area contributed by atoms with Crippen molar-refractivity contribution in [1.29, 1.82) is 0 Å². The van der Waals surface area contributed by atoms with E-state index in [9.17, 15) is 4.79 Å². The molecule has 3 heteroatoms. The smallest absolute Gasteiger partial charge is 0.335 e. The largest absolute Gasteiger partial charge is 0.478 e. The topological polar surface area (TPSA) is 49.3 Å². The number of carboxylic acid groups (broad SMARTS) is 1. The Morgan fingerprint density at radius 2 is 2.00 bits per heavy atom. The molecule has 18 heavy (non-hydrogen) atoms. The highest BCUT2D eigenvalue weighted by Crippen LogP contribution is 2.48. The molecule has 3 nitrogen and oxygen atoms in total. The molecule has 0 radical (unpaired) electrons. The van der Waals surface area contributed by atoms with Gasteiger partial charge in [-0.3, -0.25) is 0 Å². The lowest BCUT2D eigenvalue weighted by Crippen LogP contribution is -2.23. The van der Waals surface area contributed by atoms with Crippen LogP contribution in [-0.2, 0) is 6.54 Å². The minimum Gasteiger partial charge on any atom is -0.478 e. The second kappa shape index (κ2) is 5.53. The number of hydrogen-bond donors (Lipinski definition) is 2. The molecule has 0 aromatic heterocycles. The second-order valence-electron chi connectivity index (χ2n) is 5.36. The summed E-state index contributed by atoms with van der Waals surface area (Å²) in [6.07, 6.45) is 5.28. The third kappa shape index (κ3) is 3.33. The maximum Gasteiger partial charge on any atom is 0.335 e. The van der Waals surface area contributed by atoms with Gasteiger partial charge in [0, 0.05) is 13.1 Å². The lowest BCUT2D eigenvalue weighted by molar-refractivity contribution is 0.0697. The first kappa shape index (κ1) is 13.1. The van der Waals surface area contributed by atoms with Gasteiger partial charge in [0.15, 0.2) is 0 Å². The maximum atomic E-state index is 10.7. The highest BCUT2D eigenvalue weighted by Gasteiger charge is 2.40. The molecule has 1 saturated carbocycles. The van der Waals surface area contributed by atoms with Crippen molar-refractivity contribution in [2.24, 2.45) is 5.41 Å². The van der Waals surface area contributed by atoms with Crippen LogP contribution in [0.1, 0.15) is 48.5 Å². The summed E-state index contributed by atoms with van der Waals surface area (Å²) in [7, 11) is 0. The van der Waals surface area contributed by atoms with Crippen molar-refractivity contribution < 1.29 is 9.90 Å². The Kier molecular flexibility index (Phi) is 4.02. The van der Waals surface area contributed by atoms with Gasteiger partial charge >= 0.3 is 5.97 Å². The summed E-state index contributed by atoms with van der Waals surface area (Å²) in [4.78, 5) is 10.7. The fourth-order valence-corrected chi connectivity index (χ4v) is 2.46. The van der Waals surface area contributed by atoms with E-state index in [2.05, 4.69) is 12.2 Å². The van der Waals surface area contributed by atoms with Crippen LogP contribution in [0.25, 0.3) is 0 Å². The van der Waals surface area contributed by atoms with Crippen LogP contribution in [0.3, 0.4) is 0 Å². The van der Waals surface area contributed by atoms with E-state index in [0.29, 0.717) is 11.0 Å². The Hall–Kier alpha value is -1.35. The molecular weight excluding hydrogens is 226 g/mol. The SMILES string of the molecule is CCCC1(CNCc2ccc(C(=O)O)cc2)CC1. The zero-order chi connectivity index (χ0) is 13.0. The number of hydrogen-bond acceptors (Lipinski definition) is 2. The Balaban J connectivity index is 1.78. The van der Waals surface area contributed by atoms with Crippen molar-refractivity contribution in [2.45, 2.75) is 39.2 Å². The highest BCUT2D eigenvalue weighted by molar-refractivity contribution is 5.87. The Labute approximate surface area is 108 Å². The van der Waals surface area contributed by atoms with Crippen LogP contribution >= 0.6 is 0 Å². The van der Waals surface area contributed by atoms with Gasteiger partial charge in [-0.25, -0.2) is 4.79 Å². The fraction of sp³-hybridized carbons (Fsp3) is 0.533. The molecule has 2 rings (SSSR count). The Bertz CT molecular complexity index is 407. The molecule has 0 amide bonds. The van der Waals surface area contributed by atoms with Gasteiger partial charge in [-0.15, -0.1) is 0 Å². The van der Waals surface area contributed by atoms with E-state index in [-0.39, 0.29) is 0 Å². The van der Waals surface area contributed by atoms with Crippen molar-refractivity contribution >= 4 is 5.97 Å². The van der Waals surface area contributed by atoms with E-state index in [0.717, 1.165) is 18.7 Å². The number of rotatable bonds is 7. The lowest BCUT2D eigenvalue weighted by atomic mass is 10.0. The molecule has 0 bridgehead atoms. The molecule has 0 aliphatic heterocycles. The van der Waals surface area contributed by atoms with Gasteiger partial charge in [0.2, 0.25) is 0 Å². The Morgan fingerprint density at radius 1 is 1.33 bits per heavy atom. The fourth-order valence-electron chi connectivity index (χ4n) is 2.46. The Morgan fingerprint density at radius 3 is 2.50 bits per heavy atom. The quantitative estimate of drug-likeness (QED) is 0.778. The molecule has 0 heterocycles. The molecule has 98 valence electrons. The number of benzene rings is 1. The summed E-state index contributed by atoms with van der Waals surface area (Å²) in [6.45, 7) is 4.15.